The molecule has 2 aliphatic heterocycles. The maximum absolute atomic E-state index is 12.4. The fourth-order valence-electron chi connectivity index (χ4n) is 2.51. The summed E-state index contributed by atoms with van der Waals surface area (Å²) < 4.78 is 37.9. The van der Waals surface area contributed by atoms with Crippen molar-refractivity contribution >= 4 is 22.4 Å². The molecule has 1 unspecified atom stereocenters. The zero-order valence-corrected chi connectivity index (χ0v) is 13.4. The fraction of sp³-hybridized carbons (Fsp3) is 0.538. The van der Waals surface area contributed by atoms with Crippen LogP contribution in [0, 0.1) is 12.8 Å². The van der Waals surface area contributed by atoms with Gasteiger partial charge in [-0.15, -0.1) is 12.4 Å². The van der Waals surface area contributed by atoms with Crippen LogP contribution in [0.1, 0.15) is 12.0 Å². The minimum absolute atomic E-state index is 0. The van der Waals surface area contributed by atoms with E-state index in [1.54, 1.807) is 13.0 Å². The molecule has 0 bridgehead atoms. The first kappa shape index (κ1) is 16.4. The Morgan fingerprint density at radius 1 is 1.33 bits per heavy atom. The number of ether oxygens (including phenoxy) is 2. The van der Waals surface area contributed by atoms with Crippen molar-refractivity contribution in [2.75, 3.05) is 26.4 Å². The molecule has 1 aromatic rings. The van der Waals surface area contributed by atoms with E-state index >= 15 is 0 Å². The molecule has 1 atom stereocenters. The van der Waals surface area contributed by atoms with Crippen molar-refractivity contribution in [3.05, 3.63) is 17.7 Å². The van der Waals surface area contributed by atoms with Crippen LogP contribution in [-0.4, -0.2) is 34.8 Å². The Morgan fingerprint density at radius 2 is 2.05 bits per heavy atom. The third kappa shape index (κ3) is 3.42. The van der Waals surface area contributed by atoms with Gasteiger partial charge in [0.15, 0.2) is 11.5 Å². The Hall–Kier alpha value is -1.02. The number of benzene rings is 1. The first-order valence-corrected chi connectivity index (χ1v) is 8.15. The molecule has 1 aromatic carbocycles. The average molecular weight is 335 g/mol. The maximum atomic E-state index is 12.4. The number of halogens is 1. The second kappa shape index (κ2) is 6.39. The number of rotatable bonds is 4. The normalized spacial score (nSPS) is 20.3. The van der Waals surface area contributed by atoms with Crippen molar-refractivity contribution in [3.8, 4) is 11.5 Å². The van der Waals surface area contributed by atoms with Gasteiger partial charge in [0.2, 0.25) is 16.8 Å². The molecular weight excluding hydrogens is 316 g/mol. The Morgan fingerprint density at radius 3 is 2.71 bits per heavy atom. The number of hydrogen-bond acceptors (Lipinski definition) is 5. The van der Waals surface area contributed by atoms with Crippen molar-refractivity contribution in [1.29, 1.82) is 0 Å². The lowest BCUT2D eigenvalue weighted by molar-refractivity contribution is 0.174. The van der Waals surface area contributed by atoms with Gasteiger partial charge in [-0.2, -0.15) is 0 Å². The van der Waals surface area contributed by atoms with Crippen molar-refractivity contribution in [3.63, 3.8) is 0 Å². The average Bonchev–Trinajstić information content (AvgIpc) is 3.06. The monoisotopic (exact) mass is 334 g/mol. The van der Waals surface area contributed by atoms with E-state index in [-0.39, 0.29) is 24.1 Å². The van der Waals surface area contributed by atoms with Crippen LogP contribution in [0.3, 0.4) is 0 Å². The first-order chi connectivity index (χ1) is 9.56. The summed E-state index contributed by atoms with van der Waals surface area (Å²) in [4.78, 5) is 0.257. The van der Waals surface area contributed by atoms with Crippen molar-refractivity contribution in [2.45, 2.75) is 18.2 Å². The standard InChI is InChI=1S/C13H18N2O4S.ClH/c1-9-4-11-12(19-8-18-11)5-13(9)20(16,17)15-7-10-2-3-14-6-10;/h4-5,10,14-15H,2-3,6-8H2,1H3;1H. The lowest BCUT2D eigenvalue weighted by Crippen LogP contribution is -2.30. The topological polar surface area (TPSA) is 76.7 Å². The molecule has 0 saturated carbocycles. The van der Waals surface area contributed by atoms with Gasteiger partial charge in [-0.25, -0.2) is 13.1 Å². The van der Waals surface area contributed by atoms with Gasteiger partial charge in [0.05, 0.1) is 4.90 Å². The highest BCUT2D eigenvalue weighted by Crippen LogP contribution is 2.36. The minimum Gasteiger partial charge on any atom is -0.454 e. The smallest absolute Gasteiger partial charge is 0.240 e. The fourth-order valence-corrected chi connectivity index (χ4v) is 3.86. The molecule has 0 aliphatic carbocycles. The van der Waals surface area contributed by atoms with Crippen LogP contribution in [0.4, 0.5) is 0 Å². The predicted molar refractivity (Wildman–Crippen MR) is 80.7 cm³/mol. The third-order valence-electron chi connectivity index (χ3n) is 3.68. The van der Waals surface area contributed by atoms with E-state index in [0.717, 1.165) is 19.5 Å². The Kier molecular flexibility index (Phi) is 4.98. The molecule has 1 saturated heterocycles. The van der Waals surface area contributed by atoms with E-state index in [0.29, 0.717) is 29.5 Å². The predicted octanol–water partition coefficient (Wildman–Crippen LogP) is 1.03. The van der Waals surface area contributed by atoms with Crippen molar-refractivity contribution < 1.29 is 17.9 Å². The maximum Gasteiger partial charge on any atom is 0.240 e. The molecule has 2 aliphatic rings. The number of hydrogen-bond donors (Lipinski definition) is 2. The van der Waals surface area contributed by atoms with Crippen LogP contribution < -0.4 is 19.5 Å². The zero-order valence-electron chi connectivity index (χ0n) is 11.7. The van der Waals surface area contributed by atoms with E-state index in [1.807, 2.05) is 0 Å². The van der Waals surface area contributed by atoms with E-state index in [4.69, 9.17) is 9.47 Å². The highest BCUT2D eigenvalue weighted by Gasteiger charge is 2.24. The third-order valence-corrected chi connectivity index (χ3v) is 5.25. The molecule has 21 heavy (non-hydrogen) atoms. The molecule has 2 heterocycles. The minimum atomic E-state index is -3.51. The number of nitrogens with one attached hydrogen (secondary N) is 2. The molecule has 118 valence electrons. The SMILES string of the molecule is Cc1cc2c(cc1S(=O)(=O)NCC1CCNC1)OCO2.Cl. The van der Waals surface area contributed by atoms with E-state index in [2.05, 4.69) is 10.0 Å². The van der Waals surface area contributed by atoms with E-state index in [9.17, 15) is 8.42 Å². The number of fused-ring (bicyclic) bond motifs is 1. The molecule has 3 rings (SSSR count). The molecule has 8 heteroatoms. The number of aryl methyl sites for hydroxylation is 1. The quantitative estimate of drug-likeness (QED) is 0.860. The summed E-state index contributed by atoms with van der Waals surface area (Å²) >= 11 is 0. The molecule has 0 amide bonds. The first-order valence-electron chi connectivity index (χ1n) is 6.67. The molecule has 0 spiro atoms. The van der Waals surface area contributed by atoms with Crippen molar-refractivity contribution in [1.82, 2.24) is 10.0 Å². The van der Waals surface area contributed by atoms with Crippen LogP contribution in [0.5, 0.6) is 11.5 Å². The molecule has 0 radical (unpaired) electrons. The summed E-state index contributed by atoms with van der Waals surface area (Å²) in [6.07, 6.45) is 1.00. The molecular formula is C13H19ClN2O4S. The summed E-state index contributed by atoms with van der Waals surface area (Å²) in [6.45, 7) is 4.17. The van der Waals surface area contributed by atoms with Crippen LogP contribution >= 0.6 is 12.4 Å². The highest BCUT2D eigenvalue weighted by molar-refractivity contribution is 7.89. The molecule has 6 nitrogen and oxygen atoms in total. The summed E-state index contributed by atoms with van der Waals surface area (Å²) in [6, 6.07) is 3.24. The Bertz CT molecular complexity index is 615. The molecule has 2 N–H and O–H groups in total. The lowest BCUT2D eigenvalue weighted by Gasteiger charge is -2.13. The van der Waals surface area contributed by atoms with Crippen LogP contribution in [0.15, 0.2) is 17.0 Å². The van der Waals surface area contributed by atoms with Gasteiger partial charge in [-0.1, -0.05) is 0 Å². The largest absolute Gasteiger partial charge is 0.454 e. The van der Waals surface area contributed by atoms with Gasteiger partial charge in [-0.3, -0.25) is 0 Å². The number of sulfonamides is 1. The van der Waals surface area contributed by atoms with E-state index in [1.165, 1.54) is 6.07 Å². The van der Waals surface area contributed by atoms with Gasteiger partial charge >= 0.3 is 0 Å². The van der Waals surface area contributed by atoms with Gasteiger partial charge in [0, 0.05) is 12.6 Å². The highest BCUT2D eigenvalue weighted by atomic mass is 35.5. The summed E-state index contributed by atoms with van der Waals surface area (Å²) in [7, 11) is -3.51. The van der Waals surface area contributed by atoms with Gasteiger partial charge in [0.1, 0.15) is 0 Å². The summed E-state index contributed by atoms with van der Waals surface area (Å²) in [5, 5.41) is 3.22. The second-order valence-electron chi connectivity index (χ2n) is 5.18. The van der Waals surface area contributed by atoms with E-state index < -0.39 is 10.0 Å². The molecule has 1 fully saturated rings. The Labute approximate surface area is 130 Å². The zero-order chi connectivity index (χ0) is 14.2. The van der Waals surface area contributed by atoms with Gasteiger partial charge < -0.3 is 14.8 Å². The van der Waals surface area contributed by atoms with Gasteiger partial charge in [0.25, 0.3) is 0 Å². The van der Waals surface area contributed by atoms with Crippen LogP contribution in [0.25, 0.3) is 0 Å². The second-order valence-corrected chi connectivity index (χ2v) is 6.92. The Balaban J connectivity index is 0.00000161. The summed E-state index contributed by atoms with van der Waals surface area (Å²) in [5.74, 6) is 1.44. The van der Waals surface area contributed by atoms with Crippen LogP contribution in [0.2, 0.25) is 0 Å². The molecule has 0 aromatic heterocycles. The summed E-state index contributed by atoms with van der Waals surface area (Å²) in [5.41, 5.74) is 0.659. The van der Waals surface area contributed by atoms with Gasteiger partial charge in [-0.05, 0) is 44.0 Å². The van der Waals surface area contributed by atoms with Crippen molar-refractivity contribution in [2.24, 2.45) is 5.92 Å². The lowest BCUT2D eigenvalue weighted by atomic mass is 10.1. The van der Waals surface area contributed by atoms with Crippen LogP contribution in [-0.2, 0) is 10.0 Å².